The highest BCUT2D eigenvalue weighted by atomic mass is 32.2. The fourth-order valence-corrected chi connectivity index (χ4v) is 3.69. The Morgan fingerprint density at radius 1 is 1.10 bits per heavy atom. The number of rotatable bonds is 11. The Balaban J connectivity index is 1.96. The van der Waals surface area contributed by atoms with Gasteiger partial charge in [0.1, 0.15) is 0 Å². The lowest BCUT2D eigenvalue weighted by molar-refractivity contribution is -0.117. The maximum absolute atomic E-state index is 12.0. The van der Waals surface area contributed by atoms with Crippen molar-refractivity contribution in [1.29, 1.82) is 0 Å². The molecule has 158 valence electrons. The summed E-state index contributed by atoms with van der Waals surface area (Å²) in [6, 6.07) is 5.61. The monoisotopic (exact) mass is 418 g/mol. The second-order valence-corrected chi connectivity index (χ2v) is 7.80. The third kappa shape index (κ3) is 7.93. The van der Waals surface area contributed by atoms with Gasteiger partial charge in [0.2, 0.25) is 5.91 Å². The fourth-order valence-electron chi connectivity index (χ4n) is 2.83. The van der Waals surface area contributed by atoms with Crippen LogP contribution in [-0.4, -0.2) is 30.2 Å². The van der Waals surface area contributed by atoms with E-state index in [0.717, 1.165) is 23.7 Å². The van der Waals surface area contributed by atoms with Crippen LogP contribution in [0.5, 0.6) is 11.5 Å². The SMILES string of the molecule is CCCCCCCCOc1ccc(/C=C2/SC(NC(C)=O)=NC2=O)cc1OCC. The molecular weight excluding hydrogens is 388 g/mol. The zero-order valence-corrected chi connectivity index (χ0v) is 18.3. The van der Waals surface area contributed by atoms with Gasteiger partial charge >= 0.3 is 0 Å². The highest BCUT2D eigenvalue weighted by Crippen LogP contribution is 2.32. The van der Waals surface area contributed by atoms with Crippen LogP contribution >= 0.6 is 11.8 Å². The van der Waals surface area contributed by atoms with Gasteiger partial charge in [-0.1, -0.05) is 45.1 Å². The molecule has 0 aliphatic carbocycles. The third-order valence-electron chi connectivity index (χ3n) is 4.22. The number of nitrogens with one attached hydrogen (secondary N) is 1. The van der Waals surface area contributed by atoms with E-state index in [9.17, 15) is 9.59 Å². The van der Waals surface area contributed by atoms with Crippen LogP contribution in [0.1, 0.15) is 64.9 Å². The molecule has 1 heterocycles. The highest BCUT2D eigenvalue weighted by Gasteiger charge is 2.22. The van der Waals surface area contributed by atoms with Crippen LogP contribution in [0.3, 0.4) is 0 Å². The van der Waals surface area contributed by atoms with Gasteiger partial charge < -0.3 is 14.8 Å². The van der Waals surface area contributed by atoms with E-state index in [2.05, 4.69) is 17.2 Å². The van der Waals surface area contributed by atoms with Gasteiger partial charge in [-0.2, -0.15) is 4.99 Å². The second kappa shape index (κ2) is 12.3. The summed E-state index contributed by atoms with van der Waals surface area (Å²) in [5.41, 5.74) is 0.815. The summed E-state index contributed by atoms with van der Waals surface area (Å²) in [4.78, 5) is 27.5. The predicted octanol–water partition coefficient (Wildman–Crippen LogP) is 4.93. The number of hydrogen-bond acceptors (Lipinski definition) is 5. The van der Waals surface area contributed by atoms with Crippen molar-refractivity contribution >= 4 is 34.8 Å². The Labute approximate surface area is 177 Å². The molecule has 0 saturated heterocycles. The molecule has 0 atom stereocenters. The molecule has 0 radical (unpaired) electrons. The van der Waals surface area contributed by atoms with Crippen molar-refractivity contribution in [2.45, 2.75) is 59.3 Å². The lowest BCUT2D eigenvalue weighted by Gasteiger charge is -2.13. The van der Waals surface area contributed by atoms with Crippen molar-refractivity contribution in [2.24, 2.45) is 4.99 Å². The number of benzene rings is 1. The number of carbonyl (C=O) groups excluding carboxylic acids is 2. The number of amides is 2. The lowest BCUT2D eigenvalue weighted by atomic mass is 10.1. The van der Waals surface area contributed by atoms with E-state index in [1.54, 1.807) is 6.08 Å². The minimum absolute atomic E-state index is 0.254. The van der Waals surface area contributed by atoms with Gasteiger partial charge in [-0.05, 0) is 48.9 Å². The van der Waals surface area contributed by atoms with Crippen LogP contribution in [0.4, 0.5) is 0 Å². The molecule has 1 aliphatic heterocycles. The van der Waals surface area contributed by atoms with E-state index in [0.29, 0.717) is 34.8 Å². The Kier molecular flexibility index (Phi) is 9.77. The maximum atomic E-state index is 12.0. The lowest BCUT2D eigenvalue weighted by Crippen LogP contribution is -2.23. The van der Waals surface area contributed by atoms with Gasteiger partial charge in [-0.15, -0.1) is 0 Å². The molecule has 7 heteroatoms. The van der Waals surface area contributed by atoms with E-state index in [1.165, 1.54) is 39.0 Å². The molecule has 2 rings (SSSR count). The number of carbonyl (C=O) groups is 2. The zero-order chi connectivity index (χ0) is 21.1. The molecule has 1 aromatic rings. The summed E-state index contributed by atoms with van der Waals surface area (Å²) in [7, 11) is 0. The molecule has 0 aromatic heterocycles. The molecule has 1 aromatic carbocycles. The van der Waals surface area contributed by atoms with E-state index in [-0.39, 0.29) is 11.8 Å². The van der Waals surface area contributed by atoms with Crippen LogP contribution in [0.15, 0.2) is 28.1 Å². The normalized spacial score (nSPS) is 14.8. The van der Waals surface area contributed by atoms with Gasteiger partial charge in [-0.3, -0.25) is 9.59 Å². The summed E-state index contributed by atoms with van der Waals surface area (Å²) in [5, 5.41) is 2.84. The fraction of sp³-hybridized carbons (Fsp3) is 0.500. The minimum atomic E-state index is -0.361. The number of amidine groups is 1. The Morgan fingerprint density at radius 2 is 1.86 bits per heavy atom. The van der Waals surface area contributed by atoms with Crippen LogP contribution in [-0.2, 0) is 9.59 Å². The van der Waals surface area contributed by atoms with E-state index >= 15 is 0 Å². The Bertz CT molecular complexity index is 774. The molecule has 6 nitrogen and oxygen atoms in total. The van der Waals surface area contributed by atoms with Gasteiger partial charge in [0.15, 0.2) is 16.7 Å². The number of nitrogens with zero attached hydrogens (tertiary/aromatic N) is 1. The molecule has 1 N–H and O–H groups in total. The van der Waals surface area contributed by atoms with Gasteiger partial charge in [0, 0.05) is 6.92 Å². The summed E-state index contributed by atoms with van der Waals surface area (Å²) in [6.07, 6.45) is 9.02. The summed E-state index contributed by atoms with van der Waals surface area (Å²) in [5.74, 6) is 0.755. The first-order valence-corrected chi connectivity index (χ1v) is 11.0. The summed E-state index contributed by atoms with van der Waals surface area (Å²) in [6.45, 7) is 6.71. The minimum Gasteiger partial charge on any atom is -0.490 e. The van der Waals surface area contributed by atoms with Gasteiger partial charge in [0.25, 0.3) is 5.91 Å². The second-order valence-electron chi connectivity index (χ2n) is 6.77. The van der Waals surface area contributed by atoms with Crippen LogP contribution in [0.25, 0.3) is 6.08 Å². The summed E-state index contributed by atoms with van der Waals surface area (Å²) < 4.78 is 11.6. The number of ether oxygens (including phenoxy) is 2. The van der Waals surface area contributed by atoms with Crippen LogP contribution in [0.2, 0.25) is 0 Å². The number of hydrogen-bond donors (Lipinski definition) is 1. The molecule has 0 unspecified atom stereocenters. The van der Waals surface area contributed by atoms with Crippen LogP contribution < -0.4 is 14.8 Å². The first kappa shape index (κ1) is 23.0. The van der Waals surface area contributed by atoms with Crippen molar-refractivity contribution in [1.82, 2.24) is 5.32 Å². The van der Waals surface area contributed by atoms with Crippen LogP contribution in [0, 0.1) is 0 Å². The predicted molar refractivity (Wildman–Crippen MR) is 118 cm³/mol. The Hall–Kier alpha value is -2.28. The smallest absolute Gasteiger partial charge is 0.286 e. The average molecular weight is 419 g/mol. The van der Waals surface area contributed by atoms with E-state index < -0.39 is 0 Å². The van der Waals surface area contributed by atoms with Gasteiger partial charge in [0.05, 0.1) is 18.1 Å². The van der Waals surface area contributed by atoms with Crippen molar-refractivity contribution < 1.29 is 19.1 Å². The topological polar surface area (TPSA) is 77.0 Å². The summed E-state index contributed by atoms with van der Waals surface area (Å²) >= 11 is 1.15. The number of thioether (sulfide) groups is 1. The third-order valence-corrected chi connectivity index (χ3v) is 5.12. The molecule has 0 bridgehead atoms. The molecule has 29 heavy (non-hydrogen) atoms. The molecule has 0 saturated carbocycles. The van der Waals surface area contributed by atoms with Gasteiger partial charge in [-0.25, -0.2) is 0 Å². The van der Waals surface area contributed by atoms with Crippen molar-refractivity contribution in [3.63, 3.8) is 0 Å². The first-order valence-electron chi connectivity index (χ1n) is 10.2. The molecule has 0 spiro atoms. The zero-order valence-electron chi connectivity index (χ0n) is 17.5. The number of unbranched alkanes of at least 4 members (excludes halogenated alkanes) is 5. The highest BCUT2D eigenvalue weighted by molar-refractivity contribution is 8.18. The van der Waals surface area contributed by atoms with Crippen molar-refractivity contribution in [3.8, 4) is 11.5 Å². The van der Waals surface area contributed by atoms with E-state index in [1.807, 2.05) is 25.1 Å². The Morgan fingerprint density at radius 3 is 2.59 bits per heavy atom. The molecule has 0 fully saturated rings. The standard InChI is InChI=1S/C22H30N2O4S/c1-4-6-7-8-9-10-13-28-18-12-11-17(14-19(18)27-5-2)15-20-21(26)24-22(29-20)23-16(3)25/h11-12,14-15H,4-10,13H2,1-3H3,(H,23,24,25,26)/b20-15+. The first-order chi connectivity index (χ1) is 14.0. The van der Waals surface area contributed by atoms with E-state index in [4.69, 9.17) is 9.47 Å². The van der Waals surface area contributed by atoms with Crippen molar-refractivity contribution in [2.75, 3.05) is 13.2 Å². The largest absolute Gasteiger partial charge is 0.490 e. The number of aliphatic imine (C=N–C) groups is 1. The maximum Gasteiger partial charge on any atom is 0.286 e. The van der Waals surface area contributed by atoms with Crippen molar-refractivity contribution in [3.05, 3.63) is 28.7 Å². The molecular formula is C22H30N2O4S. The molecule has 1 aliphatic rings. The average Bonchev–Trinajstić information content (AvgIpc) is 3.00. The quantitative estimate of drug-likeness (QED) is 0.407. The molecule has 2 amide bonds.